The van der Waals surface area contributed by atoms with E-state index < -0.39 is 14.9 Å². The Morgan fingerprint density at radius 2 is 1.96 bits per heavy atom. The van der Waals surface area contributed by atoms with Crippen LogP contribution in [-0.2, 0) is 10.0 Å². The van der Waals surface area contributed by atoms with E-state index in [1.807, 2.05) is 0 Å². The van der Waals surface area contributed by atoms with Crippen molar-refractivity contribution in [1.82, 2.24) is 5.32 Å². The van der Waals surface area contributed by atoms with E-state index in [2.05, 4.69) is 15.0 Å². The summed E-state index contributed by atoms with van der Waals surface area (Å²) in [7, 11) is -3.96. The molecule has 3 rings (SSSR count). The SMILES string of the molecule is O=[N+]([O-])c1cccc(S(=O)(=O)Nc2ccccc2C2=NCCN2)c1. The minimum Gasteiger partial charge on any atom is -0.368 e. The molecule has 0 radical (unpaired) electrons. The van der Waals surface area contributed by atoms with Crippen LogP contribution in [0.3, 0.4) is 0 Å². The van der Waals surface area contributed by atoms with Gasteiger partial charge in [0, 0.05) is 24.2 Å². The second-order valence-electron chi connectivity index (χ2n) is 5.06. The van der Waals surface area contributed by atoms with E-state index in [1.165, 1.54) is 18.2 Å². The van der Waals surface area contributed by atoms with Gasteiger partial charge in [0.25, 0.3) is 15.7 Å². The lowest BCUT2D eigenvalue weighted by Gasteiger charge is -2.13. The molecule has 0 unspecified atom stereocenters. The molecular formula is C15H14N4O4S. The molecule has 0 aromatic heterocycles. The molecule has 2 aromatic carbocycles. The van der Waals surface area contributed by atoms with Gasteiger partial charge in [-0.3, -0.25) is 19.8 Å². The predicted molar refractivity (Wildman–Crippen MR) is 89.8 cm³/mol. The highest BCUT2D eigenvalue weighted by atomic mass is 32.2. The largest absolute Gasteiger partial charge is 0.368 e. The third kappa shape index (κ3) is 3.20. The lowest BCUT2D eigenvalue weighted by atomic mass is 10.1. The summed E-state index contributed by atoms with van der Waals surface area (Å²) < 4.78 is 27.6. The van der Waals surface area contributed by atoms with Crippen molar-refractivity contribution in [2.75, 3.05) is 17.8 Å². The molecule has 124 valence electrons. The highest BCUT2D eigenvalue weighted by Gasteiger charge is 2.20. The quantitative estimate of drug-likeness (QED) is 0.632. The monoisotopic (exact) mass is 346 g/mol. The first-order valence-electron chi connectivity index (χ1n) is 7.12. The molecule has 2 aromatic rings. The molecule has 0 aliphatic carbocycles. The number of benzene rings is 2. The third-order valence-corrected chi connectivity index (χ3v) is 4.80. The van der Waals surface area contributed by atoms with Crippen molar-refractivity contribution < 1.29 is 13.3 Å². The van der Waals surface area contributed by atoms with Gasteiger partial charge in [0.1, 0.15) is 5.84 Å². The molecule has 0 saturated carbocycles. The van der Waals surface area contributed by atoms with Gasteiger partial charge in [0.15, 0.2) is 0 Å². The molecule has 8 nitrogen and oxygen atoms in total. The van der Waals surface area contributed by atoms with Crippen LogP contribution in [0.4, 0.5) is 11.4 Å². The Kier molecular flexibility index (Phi) is 4.17. The molecule has 1 aliphatic heterocycles. The maximum absolute atomic E-state index is 12.5. The summed E-state index contributed by atoms with van der Waals surface area (Å²) in [6, 6.07) is 11.8. The Bertz CT molecular complexity index is 925. The lowest BCUT2D eigenvalue weighted by molar-refractivity contribution is -0.385. The number of hydrogen-bond acceptors (Lipinski definition) is 6. The second kappa shape index (κ2) is 6.28. The van der Waals surface area contributed by atoms with Gasteiger partial charge in [0.05, 0.1) is 22.1 Å². The fourth-order valence-corrected chi connectivity index (χ4v) is 3.44. The van der Waals surface area contributed by atoms with E-state index in [-0.39, 0.29) is 10.6 Å². The molecule has 0 amide bonds. The highest BCUT2D eigenvalue weighted by Crippen LogP contribution is 2.23. The van der Waals surface area contributed by atoms with Crippen molar-refractivity contribution in [3.05, 3.63) is 64.2 Å². The number of aliphatic imine (C=N–C) groups is 1. The molecule has 1 aliphatic rings. The first-order chi connectivity index (χ1) is 11.5. The fourth-order valence-electron chi connectivity index (χ4n) is 2.32. The van der Waals surface area contributed by atoms with E-state index in [0.717, 1.165) is 6.07 Å². The smallest absolute Gasteiger partial charge is 0.270 e. The van der Waals surface area contributed by atoms with Crippen molar-refractivity contribution in [1.29, 1.82) is 0 Å². The molecule has 2 N–H and O–H groups in total. The summed E-state index contributed by atoms with van der Waals surface area (Å²) in [6.45, 7) is 1.32. The van der Waals surface area contributed by atoms with Gasteiger partial charge in [-0.25, -0.2) is 8.42 Å². The lowest BCUT2D eigenvalue weighted by Crippen LogP contribution is -2.22. The molecule has 0 fully saturated rings. The van der Waals surface area contributed by atoms with Gasteiger partial charge in [-0.15, -0.1) is 0 Å². The van der Waals surface area contributed by atoms with Gasteiger partial charge in [-0.1, -0.05) is 18.2 Å². The van der Waals surface area contributed by atoms with Crippen molar-refractivity contribution in [2.45, 2.75) is 4.90 Å². The molecule has 0 bridgehead atoms. The van der Waals surface area contributed by atoms with Gasteiger partial charge < -0.3 is 5.32 Å². The molecule has 9 heteroatoms. The molecule has 0 atom stereocenters. The number of sulfonamides is 1. The predicted octanol–water partition coefficient (Wildman–Crippen LogP) is 1.75. The van der Waals surface area contributed by atoms with Crippen LogP contribution in [0.2, 0.25) is 0 Å². The summed E-state index contributed by atoms with van der Waals surface area (Å²) in [6.07, 6.45) is 0. The van der Waals surface area contributed by atoms with Crippen LogP contribution >= 0.6 is 0 Å². The number of rotatable bonds is 5. The standard InChI is InChI=1S/C15H14N4O4S/c20-19(21)11-4-3-5-12(10-11)24(22,23)18-14-7-2-1-6-13(14)15-16-8-9-17-15/h1-7,10,18H,8-9H2,(H,16,17). The Hall–Kier alpha value is -2.94. The molecule has 0 saturated heterocycles. The summed E-state index contributed by atoms with van der Waals surface area (Å²) in [5.74, 6) is 0.618. The Balaban J connectivity index is 1.96. The van der Waals surface area contributed by atoms with Crippen LogP contribution < -0.4 is 10.0 Å². The maximum Gasteiger partial charge on any atom is 0.270 e. The van der Waals surface area contributed by atoms with Crippen LogP contribution in [0.15, 0.2) is 58.4 Å². The highest BCUT2D eigenvalue weighted by molar-refractivity contribution is 7.92. The summed E-state index contributed by atoms with van der Waals surface area (Å²) in [5, 5.41) is 13.9. The summed E-state index contributed by atoms with van der Waals surface area (Å²) >= 11 is 0. The van der Waals surface area contributed by atoms with Crippen molar-refractivity contribution in [3.8, 4) is 0 Å². The summed E-state index contributed by atoms with van der Waals surface area (Å²) in [4.78, 5) is 14.3. The average Bonchev–Trinajstić information content (AvgIpc) is 3.09. The Labute approximate surface area is 138 Å². The average molecular weight is 346 g/mol. The first kappa shape index (κ1) is 15.9. The summed E-state index contributed by atoms with van der Waals surface area (Å²) in [5.41, 5.74) is 0.703. The minimum atomic E-state index is -3.96. The van der Waals surface area contributed by atoms with Crippen LogP contribution in [0.5, 0.6) is 0 Å². The number of amidine groups is 1. The van der Waals surface area contributed by atoms with E-state index in [4.69, 9.17) is 0 Å². The molecule has 1 heterocycles. The van der Waals surface area contributed by atoms with Crippen LogP contribution in [-0.4, -0.2) is 32.3 Å². The van der Waals surface area contributed by atoms with E-state index >= 15 is 0 Å². The first-order valence-corrected chi connectivity index (χ1v) is 8.61. The minimum absolute atomic E-state index is 0.173. The number of para-hydroxylation sites is 1. The fraction of sp³-hybridized carbons (Fsp3) is 0.133. The van der Waals surface area contributed by atoms with Crippen molar-refractivity contribution in [2.24, 2.45) is 4.99 Å². The number of hydrogen-bond donors (Lipinski definition) is 2. The van der Waals surface area contributed by atoms with Crippen LogP contribution in [0.1, 0.15) is 5.56 Å². The number of nitro groups is 1. The van der Waals surface area contributed by atoms with Gasteiger partial charge in [-0.05, 0) is 18.2 Å². The molecular weight excluding hydrogens is 332 g/mol. The zero-order chi connectivity index (χ0) is 17.2. The van der Waals surface area contributed by atoms with Crippen molar-refractivity contribution >= 4 is 27.2 Å². The van der Waals surface area contributed by atoms with Crippen LogP contribution in [0.25, 0.3) is 0 Å². The normalized spacial score (nSPS) is 13.9. The molecule has 0 spiro atoms. The number of nitro benzene ring substituents is 1. The van der Waals surface area contributed by atoms with Gasteiger partial charge >= 0.3 is 0 Å². The Morgan fingerprint density at radius 1 is 1.17 bits per heavy atom. The van der Waals surface area contributed by atoms with Crippen LogP contribution in [0, 0.1) is 10.1 Å². The van der Waals surface area contributed by atoms with E-state index in [0.29, 0.717) is 30.2 Å². The second-order valence-corrected chi connectivity index (χ2v) is 6.75. The maximum atomic E-state index is 12.5. The number of nitrogens with one attached hydrogen (secondary N) is 2. The third-order valence-electron chi connectivity index (χ3n) is 3.44. The van der Waals surface area contributed by atoms with Gasteiger partial charge in [0.2, 0.25) is 0 Å². The van der Waals surface area contributed by atoms with Crippen molar-refractivity contribution in [3.63, 3.8) is 0 Å². The zero-order valence-corrected chi connectivity index (χ0v) is 13.3. The number of non-ortho nitro benzene ring substituents is 1. The zero-order valence-electron chi connectivity index (χ0n) is 12.5. The number of anilines is 1. The number of nitrogens with zero attached hydrogens (tertiary/aromatic N) is 2. The van der Waals surface area contributed by atoms with Gasteiger partial charge in [-0.2, -0.15) is 0 Å². The topological polar surface area (TPSA) is 114 Å². The van der Waals surface area contributed by atoms with E-state index in [1.54, 1.807) is 24.3 Å². The van der Waals surface area contributed by atoms with E-state index in [9.17, 15) is 18.5 Å². The molecule has 24 heavy (non-hydrogen) atoms. The Morgan fingerprint density at radius 3 is 2.67 bits per heavy atom.